The van der Waals surface area contributed by atoms with Gasteiger partial charge in [-0.1, -0.05) is 0 Å². The van der Waals surface area contributed by atoms with Gasteiger partial charge in [0, 0.05) is 0 Å². The SMILES string of the molecule is CCC[As+](CCC)Cc1ccccc1OC. The zero-order chi connectivity index (χ0) is 11.8. The van der Waals surface area contributed by atoms with E-state index in [4.69, 9.17) is 4.74 Å². The van der Waals surface area contributed by atoms with Crippen molar-refractivity contribution in [2.45, 2.75) is 42.3 Å². The van der Waals surface area contributed by atoms with Gasteiger partial charge in [-0.05, 0) is 0 Å². The Kier molecular flexibility index (Phi) is 6.64. The van der Waals surface area contributed by atoms with Crippen LogP contribution in [0.4, 0.5) is 0 Å². The van der Waals surface area contributed by atoms with Crippen LogP contribution in [-0.2, 0) is 5.21 Å². The van der Waals surface area contributed by atoms with Gasteiger partial charge >= 0.3 is 104 Å². The van der Waals surface area contributed by atoms with Crippen LogP contribution in [0.2, 0.25) is 10.4 Å². The Morgan fingerprint density at radius 3 is 2.25 bits per heavy atom. The molecule has 2 heteroatoms. The Hall–Kier alpha value is -0.422. The van der Waals surface area contributed by atoms with Crippen LogP contribution in [0.5, 0.6) is 5.75 Å². The molecule has 89 valence electrons. The molecule has 16 heavy (non-hydrogen) atoms. The van der Waals surface area contributed by atoms with Gasteiger partial charge in [0.15, 0.2) is 0 Å². The van der Waals surface area contributed by atoms with Crippen LogP contribution >= 0.6 is 0 Å². The maximum absolute atomic E-state index is 5.43. The van der Waals surface area contributed by atoms with E-state index in [2.05, 4.69) is 38.1 Å². The van der Waals surface area contributed by atoms with E-state index >= 15 is 0 Å². The maximum atomic E-state index is 5.43. The fourth-order valence-electron chi connectivity index (χ4n) is 1.98. The fraction of sp³-hybridized carbons (Fsp3) is 0.571. The minimum atomic E-state index is -0.652. The number of hydrogen-bond acceptors (Lipinski definition) is 1. The molecule has 0 saturated heterocycles. The van der Waals surface area contributed by atoms with Gasteiger partial charge in [0.05, 0.1) is 0 Å². The summed E-state index contributed by atoms with van der Waals surface area (Å²) < 4.78 is 5.43. The van der Waals surface area contributed by atoms with Crippen LogP contribution in [-0.4, -0.2) is 21.8 Å². The van der Waals surface area contributed by atoms with Gasteiger partial charge in [-0.15, -0.1) is 0 Å². The molecule has 0 amide bonds. The van der Waals surface area contributed by atoms with Crippen molar-refractivity contribution in [1.82, 2.24) is 0 Å². The first-order valence-electron chi connectivity index (χ1n) is 6.16. The first kappa shape index (κ1) is 13.6. The summed E-state index contributed by atoms with van der Waals surface area (Å²) in [6.07, 6.45) is 2.68. The average molecular weight is 282 g/mol. The van der Waals surface area contributed by atoms with Crippen molar-refractivity contribution >= 4 is 14.7 Å². The molecule has 0 aliphatic rings. The number of rotatable bonds is 7. The van der Waals surface area contributed by atoms with E-state index < -0.39 is 14.7 Å². The van der Waals surface area contributed by atoms with Crippen LogP contribution < -0.4 is 4.74 Å². The van der Waals surface area contributed by atoms with Gasteiger partial charge in [-0.25, -0.2) is 0 Å². The second-order valence-electron chi connectivity index (χ2n) is 4.09. The van der Waals surface area contributed by atoms with Crippen molar-refractivity contribution in [1.29, 1.82) is 0 Å². The first-order valence-corrected chi connectivity index (χ1v) is 10.1. The fourth-order valence-corrected chi connectivity index (χ4v) is 7.32. The molecule has 1 radical (unpaired) electrons. The van der Waals surface area contributed by atoms with Crippen LogP contribution in [0.1, 0.15) is 32.3 Å². The molecule has 1 rings (SSSR count). The third-order valence-corrected chi connectivity index (χ3v) is 8.85. The number of para-hydroxylation sites is 1. The Morgan fingerprint density at radius 1 is 1.06 bits per heavy atom. The molecule has 0 aliphatic carbocycles. The quantitative estimate of drug-likeness (QED) is 0.684. The molecule has 1 aromatic rings. The van der Waals surface area contributed by atoms with Gasteiger partial charge in [0.2, 0.25) is 0 Å². The summed E-state index contributed by atoms with van der Waals surface area (Å²) in [6.45, 7) is 4.61. The molecular weight excluding hydrogens is 259 g/mol. The molecule has 0 atom stereocenters. The molecule has 0 aromatic heterocycles. The molecular formula is C14H23AsO+. The van der Waals surface area contributed by atoms with E-state index in [1.54, 1.807) is 7.11 Å². The van der Waals surface area contributed by atoms with Crippen LogP contribution in [0, 0.1) is 0 Å². The molecule has 0 unspecified atom stereocenters. The van der Waals surface area contributed by atoms with E-state index in [9.17, 15) is 0 Å². The summed E-state index contributed by atoms with van der Waals surface area (Å²) >= 11 is -0.652. The van der Waals surface area contributed by atoms with Crippen molar-refractivity contribution in [3.63, 3.8) is 0 Å². The Bertz CT molecular complexity index is 293. The summed E-state index contributed by atoms with van der Waals surface area (Å²) in [5, 5.41) is 4.25. The van der Waals surface area contributed by atoms with Crippen LogP contribution in [0.15, 0.2) is 24.3 Å². The number of ether oxygens (including phenoxy) is 1. The van der Waals surface area contributed by atoms with Crippen molar-refractivity contribution in [3.05, 3.63) is 29.8 Å². The van der Waals surface area contributed by atoms with Gasteiger partial charge < -0.3 is 0 Å². The van der Waals surface area contributed by atoms with Crippen molar-refractivity contribution in [3.8, 4) is 5.75 Å². The second kappa shape index (κ2) is 7.79. The summed E-state index contributed by atoms with van der Waals surface area (Å²) in [5.74, 6) is 1.08. The molecule has 1 nitrogen and oxygen atoms in total. The standard InChI is InChI=1S/C14H23AsO/c1-4-10-15(11-5-2)12-13-8-6-7-9-14(13)16-3/h6-9H,4-5,10-12H2,1-3H3/q+1. The predicted octanol–water partition coefficient (Wildman–Crippen LogP) is 4.09. The van der Waals surface area contributed by atoms with E-state index in [1.807, 2.05) is 0 Å². The number of methoxy groups -OCH3 is 1. The van der Waals surface area contributed by atoms with Crippen molar-refractivity contribution in [2.75, 3.05) is 7.11 Å². The monoisotopic (exact) mass is 282 g/mol. The van der Waals surface area contributed by atoms with Gasteiger partial charge in [0.1, 0.15) is 0 Å². The zero-order valence-corrected chi connectivity index (χ0v) is 12.6. The van der Waals surface area contributed by atoms with Crippen molar-refractivity contribution < 1.29 is 4.74 Å². The summed E-state index contributed by atoms with van der Waals surface area (Å²) in [4.78, 5) is 0. The van der Waals surface area contributed by atoms with Crippen molar-refractivity contribution in [2.24, 2.45) is 0 Å². The van der Waals surface area contributed by atoms with Gasteiger partial charge in [-0.3, -0.25) is 0 Å². The summed E-state index contributed by atoms with van der Waals surface area (Å²) in [7, 11) is 1.77. The van der Waals surface area contributed by atoms with Crippen LogP contribution in [0.25, 0.3) is 0 Å². The Morgan fingerprint density at radius 2 is 1.69 bits per heavy atom. The topological polar surface area (TPSA) is 9.23 Å². The molecule has 0 aliphatic heterocycles. The molecule has 0 fully saturated rings. The van der Waals surface area contributed by atoms with Gasteiger partial charge in [0.25, 0.3) is 0 Å². The Labute approximate surface area is 104 Å². The van der Waals surface area contributed by atoms with E-state index in [-0.39, 0.29) is 0 Å². The molecule has 0 N–H and O–H groups in total. The molecule has 1 aromatic carbocycles. The van der Waals surface area contributed by atoms with E-state index in [0.29, 0.717) is 0 Å². The third-order valence-electron chi connectivity index (χ3n) is 2.67. The first-order chi connectivity index (χ1) is 7.81. The average Bonchev–Trinajstić information content (AvgIpc) is 2.30. The molecule has 0 bridgehead atoms. The number of hydrogen-bond donors (Lipinski definition) is 0. The van der Waals surface area contributed by atoms with Crippen LogP contribution in [0.3, 0.4) is 0 Å². The second-order valence-corrected chi connectivity index (χ2v) is 9.44. The van der Waals surface area contributed by atoms with E-state index in [1.165, 1.54) is 34.0 Å². The number of benzene rings is 1. The van der Waals surface area contributed by atoms with E-state index in [0.717, 1.165) is 5.75 Å². The minimum absolute atomic E-state index is 0.652. The zero-order valence-electron chi connectivity index (χ0n) is 10.7. The summed E-state index contributed by atoms with van der Waals surface area (Å²) in [5.41, 5.74) is 1.42. The normalized spacial score (nSPS) is 10.8. The summed E-state index contributed by atoms with van der Waals surface area (Å²) in [6, 6.07) is 8.49. The molecule has 0 saturated carbocycles. The Balaban J connectivity index is 2.67. The third kappa shape index (κ3) is 4.21. The molecule has 0 heterocycles. The predicted molar refractivity (Wildman–Crippen MR) is 72.6 cm³/mol. The molecule has 0 spiro atoms. The van der Waals surface area contributed by atoms with Gasteiger partial charge in [-0.2, -0.15) is 0 Å².